The molecule has 4 aromatic carbocycles. The molecule has 0 spiro atoms. The average molecular weight is 1150 g/mol. The van der Waals surface area contributed by atoms with Gasteiger partial charge in [0.05, 0.1) is 34.4 Å². The predicted molar refractivity (Wildman–Crippen MR) is 297 cm³/mol. The number of hydrogen-bond acceptors (Lipinski definition) is 10. The molecule has 0 unspecified atom stereocenters. The minimum Gasteiger partial charge on any atom is -0.481 e. The van der Waals surface area contributed by atoms with Gasteiger partial charge in [0.25, 0.3) is 0 Å². The van der Waals surface area contributed by atoms with Crippen LogP contribution in [0.4, 0.5) is 26.3 Å². The van der Waals surface area contributed by atoms with Crippen LogP contribution in [0.3, 0.4) is 0 Å². The molecular weight excluding hydrogens is 1070 g/mol. The maximum atomic E-state index is 13.8. The summed E-state index contributed by atoms with van der Waals surface area (Å²) in [5, 5.41) is 42.1. The summed E-state index contributed by atoms with van der Waals surface area (Å²) in [5.74, 6) is -4.64. The first-order chi connectivity index (χ1) is 38.9. The summed E-state index contributed by atoms with van der Waals surface area (Å²) >= 11 is 0. The van der Waals surface area contributed by atoms with E-state index in [2.05, 4.69) is 34.0 Å². The highest BCUT2D eigenvalue weighted by molar-refractivity contribution is 5.99. The van der Waals surface area contributed by atoms with Crippen LogP contribution in [0.15, 0.2) is 95.3 Å². The summed E-state index contributed by atoms with van der Waals surface area (Å²) in [5.41, 5.74) is 8.26. The van der Waals surface area contributed by atoms with Gasteiger partial charge < -0.3 is 30.1 Å². The first kappa shape index (κ1) is 64.1. The smallest absolute Gasteiger partial charge is 0.416 e. The molecule has 0 radical (unpaired) electrons. The fraction of sp³-hybridized carbons (Fsp3) is 0.484. The van der Waals surface area contributed by atoms with Crippen LogP contribution < -0.4 is 0 Å². The van der Waals surface area contributed by atoms with Crippen LogP contribution in [0.25, 0.3) is 0 Å². The highest BCUT2D eigenvalue weighted by Crippen LogP contribution is 2.43. The number of aryl methyl sites for hydroxylation is 2. The van der Waals surface area contributed by atoms with Crippen LogP contribution >= 0.6 is 0 Å². The Bertz CT molecular complexity index is 2740. The normalized spacial score (nSPS) is 17.2. The van der Waals surface area contributed by atoms with Crippen molar-refractivity contribution in [3.05, 3.63) is 152 Å². The van der Waals surface area contributed by atoms with Gasteiger partial charge in [-0.25, -0.2) is 9.59 Å². The summed E-state index contributed by atoms with van der Waals surface area (Å²) < 4.78 is 82.9. The van der Waals surface area contributed by atoms with E-state index in [4.69, 9.17) is 30.1 Å². The zero-order valence-corrected chi connectivity index (χ0v) is 46.8. The molecule has 4 fully saturated rings. The van der Waals surface area contributed by atoms with E-state index in [1.165, 1.54) is 12.1 Å². The van der Waals surface area contributed by atoms with E-state index in [1.807, 2.05) is 50.2 Å². The van der Waals surface area contributed by atoms with Crippen molar-refractivity contribution < 1.29 is 75.6 Å². The fourth-order valence-electron chi connectivity index (χ4n) is 10.9. The molecule has 2 aliphatic heterocycles. The van der Waals surface area contributed by atoms with E-state index < -0.39 is 47.4 Å². The number of nitrogens with zero attached hydrogens (tertiary/aromatic N) is 4. The molecule has 4 aliphatic rings. The molecule has 0 aromatic heterocycles. The summed E-state index contributed by atoms with van der Waals surface area (Å²) in [6, 6.07) is 21.2. The van der Waals surface area contributed by atoms with E-state index >= 15 is 0 Å². The van der Waals surface area contributed by atoms with Crippen molar-refractivity contribution in [2.75, 3.05) is 26.2 Å². The number of carboxylic acids is 4. The number of rotatable bonds is 20. The number of halogens is 6. The number of carboxylic acid groups (broad SMARTS) is 4. The lowest BCUT2D eigenvalue weighted by Crippen LogP contribution is -2.49. The molecular formula is C62H74F6N4O10. The molecule has 4 N–H and O–H groups in total. The molecule has 2 saturated carbocycles. The quantitative estimate of drug-likeness (QED) is 0.0283. The number of oxime groups is 2. The lowest BCUT2D eigenvalue weighted by molar-refractivity contribution is -0.148. The Morgan fingerprint density at radius 2 is 0.878 bits per heavy atom. The number of hydrogen-bond donors (Lipinski definition) is 4. The Kier molecular flexibility index (Phi) is 23.3. The SMILES string of the molecule is CCc1cc(C(C)=NOCc2ccc(C3CCCCC3)c(C(F)(F)F)c2)ccc1CN1CC(C(=O)O)C1.CCc1cc(C(C)=NOCc2ccc(C3CCCCC3)c(C(F)(F)F)c2)ccc1CN1CC(C(=O)O)C1.O=C(O)C=CC(=O)O. The summed E-state index contributed by atoms with van der Waals surface area (Å²) in [6.45, 7) is 11.3. The number of aliphatic carboxylic acids is 4. The zero-order valence-electron chi connectivity index (χ0n) is 46.8. The predicted octanol–water partition coefficient (Wildman–Crippen LogP) is 13.3. The highest BCUT2D eigenvalue weighted by atomic mass is 19.4. The lowest BCUT2D eigenvalue weighted by Gasteiger charge is -2.37. The Balaban J connectivity index is 0.000000233. The van der Waals surface area contributed by atoms with E-state index in [0.29, 0.717) is 85.1 Å². The van der Waals surface area contributed by atoms with Gasteiger partial charge in [0.15, 0.2) is 0 Å². The van der Waals surface area contributed by atoms with Gasteiger partial charge in [0.1, 0.15) is 13.2 Å². The Morgan fingerprint density at radius 3 is 1.18 bits per heavy atom. The average Bonchev–Trinajstić information content (AvgIpc) is 3.48. The Hall–Kier alpha value is -7.06. The van der Waals surface area contributed by atoms with Gasteiger partial charge in [-0.05, 0) is 144 Å². The zero-order chi connectivity index (χ0) is 59.7. The monoisotopic (exact) mass is 1150 g/mol. The standard InChI is InChI=1S/2C29H35F3N2O3.C4H4O4/c2*1-3-21-14-23(10-11-24(21)15-34-16-25(17-34)28(35)36)19(2)33-37-18-20-9-12-26(22-7-5-4-6-8-22)27(13-20)29(30,31)32;5-3(6)1-2-4(7)8/h2*9-14,22,25H,3-8,15-18H2,1-2H3,(H,35,36);1-2H,(H,5,6)(H,7,8). The maximum Gasteiger partial charge on any atom is 0.416 e. The summed E-state index contributed by atoms with van der Waals surface area (Å²) in [7, 11) is 0. The van der Waals surface area contributed by atoms with Gasteiger partial charge in [-0.3, -0.25) is 19.4 Å². The number of likely N-dealkylation sites (tertiary alicyclic amines) is 2. The van der Waals surface area contributed by atoms with Crippen LogP contribution in [0.2, 0.25) is 0 Å². The van der Waals surface area contributed by atoms with Crippen LogP contribution in [0.1, 0.15) is 171 Å². The second kappa shape index (κ2) is 29.8. The number of carbonyl (C=O) groups is 4. The first-order valence-corrected chi connectivity index (χ1v) is 28.0. The second-order valence-corrected chi connectivity index (χ2v) is 21.6. The van der Waals surface area contributed by atoms with Crippen molar-refractivity contribution in [3.8, 4) is 0 Å². The van der Waals surface area contributed by atoms with E-state index in [0.717, 1.165) is 110 Å². The Morgan fingerprint density at radius 1 is 0.524 bits per heavy atom. The van der Waals surface area contributed by atoms with Crippen molar-refractivity contribution in [1.82, 2.24) is 9.80 Å². The molecule has 444 valence electrons. The minimum atomic E-state index is -4.40. The second-order valence-electron chi connectivity index (χ2n) is 21.6. The molecule has 82 heavy (non-hydrogen) atoms. The molecule has 0 amide bonds. The third kappa shape index (κ3) is 18.7. The molecule has 0 bridgehead atoms. The van der Waals surface area contributed by atoms with Crippen LogP contribution in [-0.2, 0) is 80.4 Å². The van der Waals surface area contributed by atoms with Gasteiger partial charge in [0.2, 0.25) is 0 Å². The van der Waals surface area contributed by atoms with Crippen molar-refractivity contribution in [1.29, 1.82) is 0 Å². The van der Waals surface area contributed by atoms with Gasteiger partial charge in [-0.1, -0.05) is 111 Å². The lowest BCUT2D eigenvalue weighted by atomic mass is 9.81. The molecule has 20 heteroatoms. The first-order valence-electron chi connectivity index (χ1n) is 28.0. The van der Waals surface area contributed by atoms with E-state index in [-0.39, 0.29) is 36.9 Å². The van der Waals surface area contributed by atoms with Gasteiger partial charge in [-0.2, -0.15) is 26.3 Å². The third-order valence-electron chi connectivity index (χ3n) is 15.6. The summed E-state index contributed by atoms with van der Waals surface area (Å²) in [4.78, 5) is 56.4. The van der Waals surface area contributed by atoms with Crippen molar-refractivity contribution >= 4 is 35.3 Å². The van der Waals surface area contributed by atoms with Crippen LogP contribution in [0, 0.1) is 11.8 Å². The molecule has 2 saturated heterocycles. The highest BCUT2D eigenvalue weighted by Gasteiger charge is 2.38. The van der Waals surface area contributed by atoms with Gasteiger partial charge >= 0.3 is 36.2 Å². The van der Waals surface area contributed by atoms with E-state index in [1.54, 1.807) is 24.3 Å². The van der Waals surface area contributed by atoms with E-state index in [9.17, 15) is 45.5 Å². The van der Waals surface area contributed by atoms with Gasteiger partial charge in [0, 0.05) is 51.4 Å². The topological polar surface area (TPSA) is 199 Å². The fourth-order valence-corrected chi connectivity index (χ4v) is 10.9. The van der Waals surface area contributed by atoms with Crippen LogP contribution in [0.5, 0.6) is 0 Å². The van der Waals surface area contributed by atoms with Crippen molar-refractivity contribution in [2.24, 2.45) is 22.1 Å². The molecule has 4 aromatic rings. The van der Waals surface area contributed by atoms with Crippen molar-refractivity contribution in [3.63, 3.8) is 0 Å². The molecule has 2 aliphatic carbocycles. The largest absolute Gasteiger partial charge is 0.481 e. The summed E-state index contributed by atoms with van der Waals surface area (Å²) in [6.07, 6.45) is 3.28. The minimum absolute atomic E-state index is 0.0315. The third-order valence-corrected chi connectivity index (χ3v) is 15.6. The Labute approximate surface area is 474 Å². The molecule has 2 heterocycles. The number of benzene rings is 4. The van der Waals surface area contributed by atoms with Gasteiger partial charge in [-0.15, -0.1) is 0 Å². The van der Waals surface area contributed by atoms with Crippen LogP contribution in [-0.4, -0.2) is 91.7 Å². The van der Waals surface area contributed by atoms with Crippen molar-refractivity contribution in [2.45, 2.75) is 155 Å². The molecule has 14 nitrogen and oxygen atoms in total. The molecule has 8 rings (SSSR count). The maximum absolute atomic E-state index is 13.8. The number of alkyl halides is 6. The molecule has 0 atom stereocenters.